The summed E-state index contributed by atoms with van der Waals surface area (Å²) in [7, 11) is 0. The molecule has 0 atom stereocenters. The zero-order chi connectivity index (χ0) is 20.5. The molecule has 1 amide bonds. The maximum atomic E-state index is 13.2. The Bertz CT molecular complexity index is 1060. The second kappa shape index (κ2) is 8.50. The number of piperidine rings is 1. The van der Waals surface area contributed by atoms with Crippen molar-refractivity contribution in [3.63, 3.8) is 0 Å². The molecular weight excluding hydrogens is 473 g/mol. The summed E-state index contributed by atoms with van der Waals surface area (Å²) in [4.78, 5) is 19.9. The van der Waals surface area contributed by atoms with E-state index in [1.165, 1.54) is 6.42 Å². The van der Waals surface area contributed by atoms with Gasteiger partial charge in [-0.15, -0.1) is 0 Å². The molecule has 2 heterocycles. The molecule has 29 heavy (non-hydrogen) atoms. The molecule has 7 heteroatoms. The highest BCUT2D eigenvalue weighted by molar-refractivity contribution is 9.10. The standard InChI is InChI=1S/C22H20BrCl2N3O/c1-14-20(22(29)27-11-3-2-4-12-27)26-21(18-10-7-16(24)13-19(18)25)28(14)17-8-5-15(23)6-9-17/h5-10,13H,2-4,11-12H2,1H3. The number of aromatic nitrogens is 2. The molecule has 1 saturated heterocycles. The van der Waals surface area contributed by atoms with Crippen molar-refractivity contribution in [2.45, 2.75) is 26.2 Å². The molecule has 0 unspecified atom stereocenters. The molecule has 0 N–H and O–H groups in total. The number of likely N-dealkylation sites (tertiary alicyclic amines) is 1. The Kier molecular flexibility index (Phi) is 6.00. The Labute approximate surface area is 188 Å². The minimum Gasteiger partial charge on any atom is -0.337 e. The van der Waals surface area contributed by atoms with Crippen molar-refractivity contribution in [3.05, 3.63) is 68.4 Å². The predicted octanol–water partition coefficient (Wildman–Crippen LogP) is 6.54. The monoisotopic (exact) mass is 491 g/mol. The van der Waals surface area contributed by atoms with Crippen molar-refractivity contribution in [2.24, 2.45) is 0 Å². The summed E-state index contributed by atoms with van der Waals surface area (Å²) in [6, 6.07) is 13.2. The van der Waals surface area contributed by atoms with Crippen LogP contribution in [0.1, 0.15) is 35.4 Å². The van der Waals surface area contributed by atoms with E-state index in [1.54, 1.807) is 12.1 Å². The lowest BCUT2D eigenvalue weighted by atomic mass is 10.1. The fourth-order valence-corrected chi connectivity index (χ4v) is 4.47. The van der Waals surface area contributed by atoms with Crippen LogP contribution in [-0.4, -0.2) is 33.4 Å². The van der Waals surface area contributed by atoms with Gasteiger partial charge in [0.25, 0.3) is 5.91 Å². The van der Waals surface area contributed by atoms with Crippen LogP contribution in [0.3, 0.4) is 0 Å². The Hall–Kier alpha value is -1.82. The van der Waals surface area contributed by atoms with Crippen LogP contribution in [0.4, 0.5) is 0 Å². The molecule has 1 aromatic heterocycles. The van der Waals surface area contributed by atoms with E-state index in [9.17, 15) is 4.79 Å². The number of hydrogen-bond acceptors (Lipinski definition) is 2. The highest BCUT2D eigenvalue weighted by Crippen LogP contribution is 2.34. The van der Waals surface area contributed by atoms with E-state index < -0.39 is 0 Å². The van der Waals surface area contributed by atoms with Crippen LogP contribution in [0.15, 0.2) is 46.9 Å². The van der Waals surface area contributed by atoms with Gasteiger partial charge in [0, 0.05) is 33.8 Å². The third-order valence-electron chi connectivity index (χ3n) is 5.21. The predicted molar refractivity (Wildman–Crippen MR) is 121 cm³/mol. The van der Waals surface area contributed by atoms with Gasteiger partial charge < -0.3 is 4.90 Å². The molecule has 0 saturated carbocycles. The molecule has 0 bridgehead atoms. The van der Waals surface area contributed by atoms with Crippen molar-refractivity contribution < 1.29 is 4.79 Å². The average molecular weight is 493 g/mol. The molecule has 1 aliphatic heterocycles. The topological polar surface area (TPSA) is 38.1 Å². The summed E-state index contributed by atoms with van der Waals surface area (Å²) < 4.78 is 2.97. The zero-order valence-corrected chi connectivity index (χ0v) is 19.1. The van der Waals surface area contributed by atoms with Crippen LogP contribution in [0, 0.1) is 6.92 Å². The summed E-state index contributed by atoms with van der Waals surface area (Å²) in [5.74, 6) is 0.608. The van der Waals surface area contributed by atoms with Gasteiger partial charge in [0.2, 0.25) is 0 Å². The van der Waals surface area contributed by atoms with Crippen LogP contribution in [0.2, 0.25) is 10.0 Å². The number of halogens is 3. The van der Waals surface area contributed by atoms with Crippen molar-refractivity contribution in [1.82, 2.24) is 14.5 Å². The third-order valence-corrected chi connectivity index (χ3v) is 6.29. The van der Waals surface area contributed by atoms with E-state index in [4.69, 9.17) is 28.2 Å². The van der Waals surface area contributed by atoms with Gasteiger partial charge in [-0.3, -0.25) is 9.36 Å². The zero-order valence-electron chi connectivity index (χ0n) is 16.0. The van der Waals surface area contributed by atoms with Crippen LogP contribution < -0.4 is 0 Å². The van der Waals surface area contributed by atoms with E-state index in [-0.39, 0.29) is 5.91 Å². The lowest BCUT2D eigenvalue weighted by Gasteiger charge is -2.26. The van der Waals surface area contributed by atoms with Crippen molar-refractivity contribution in [3.8, 4) is 17.1 Å². The Morgan fingerprint density at radius 1 is 1.03 bits per heavy atom. The van der Waals surface area contributed by atoms with Crippen molar-refractivity contribution in [2.75, 3.05) is 13.1 Å². The van der Waals surface area contributed by atoms with Crippen LogP contribution >= 0.6 is 39.1 Å². The highest BCUT2D eigenvalue weighted by atomic mass is 79.9. The number of hydrogen-bond donors (Lipinski definition) is 0. The second-order valence-electron chi connectivity index (χ2n) is 7.16. The van der Waals surface area contributed by atoms with Crippen LogP contribution in [-0.2, 0) is 0 Å². The molecule has 0 spiro atoms. The number of benzene rings is 2. The van der Waals surface area contributed by atoms with E-state index >= 15 is 0 Å². The molecule has 150 valence electrons. The van der Waals surface area contributed by atoms with E-state index in [1.807, 2.05) is 46.7 Å². The van der Waals surface area contributed by atoms with Crippen molar-refractivity contribution >= 4 is 45.0 Å². The van der Waals surface area contributed by atoms with Gasteiger partial charge in [-0.25, -0.2) is 4.98 Å². The molecule has 4 rings (SSSR count). The second-order valence-corrected chi connectivity index (χ2v) is 8.92. The number of imidazole rings is 1. The number of rotatable bonds is 3. The van der Waals surface area contributed by atoms with Gasteiger partial charge >= 0.3 is 0 Å². The molecule has 1 aliphatic rings. The van der Waals surface area contributed by atoms with Gasteiger partial charge in [-0.1, -0.05) is 39.1 Å². The largest absolute Gasteiger partial charge is 0.337 e. The van der Waals surface area contributed by atoms with Gasteiger partial charge in [0.05, 0.1) is 10.7 Å². The van der Waals surface area contributed by atoms with E-state index in [0.29, 0.717) is 21.6 Å². The van der Waals surface area contributed by atoms with E-state index in [2.05, 4.69) is 15.9 Å². The molecule has 3 aromatic rings. The SMILES string of the molecule is Cc1c(C(=O)N2CCCCC2)nc(-c2ccc(Cl)cc2Cl)n1-c1ccc(Br)cc1. The van der Waals surface area contributed by atoms with Gasteiger partial charge in [0.15, 0.2) is 0 Å². The molecule has 0 radical (unpaired) electrons. The van der Waals surface area contributed by atoms with Crippen LogP contribution in [0.5, 0.6) is 0 Å². The van der Waals surface area contributed by atoms with Gasteiger partial charge in [0.1, 0.15) is 11.5 Å². The molecular formula is C22H20BrCl2N3O. The minimum atomic E-state index is -0.0237. The van der Waals surface area contributed by atoms with Crippen LogP contribution in [0.25, 0.3) is 17.1 Å². The summed E-state index contributed by atoms with van der Waals surface area (Å²) in [5.41, 5.74) is 2.91. The fourth-order valence-electron chi connectivity index (χ4n) is 3.71. The first-order valence-electron chi connectivity index (χ1n) is 9.55. The van der Waals surface area contributed by atoms with Gasteiger partial charge in [-0.05, 0) is 68.7 Å². The third kappa shape index (κ3) is 4.09. The van der Waals surface area contributed by atoms with Gasteiger partial charge in [-0.2, -0.15) is 0 Å². The molecule has 4 nitrogen and oxygen atoms in total. The number of carbonyl (C=O) groups excluding carboxylic acids is 1. The van der Waals surface area contributed by atoms with E-state index in [0.717, 1.165) is 47.3 Å². The quantitative estimate of drug-likeness (QED) is 0.416. The van der Waals surface area contributed by atoms with Crippen molar-refractivity contribution in [1.29, 1.82) is 0 Å². The number of nitrogens with zero attached hydrogens (tertiary/aromatic N) is 3. The number of amides is 1. The normalized spacial score (nSPS) is 14.3. The maximum Gasteiger partial charge on any atom is 0.274 e. The first kappa shape index (κ1) is 20.5. The summed E-state index contributed by atoms with van der Waals surface area (Å²) in [6.07, 6.45) is 3.24. The Morgan fingerprint density at radius 3 is 2.38 bits per heavy atom. The smallest absolute Gasteiger partial charge is 0.274 e. The number of carbonyl (C=O) groups is 1. The molecule has 0 aliphatic carbocycles. The summed E-state index contributed by atoms with van der Waals surface area (Å²) >= 11 is 16.1. The first-order valence-corrected chi connectivity index (χ1v) is 11.1. The Balaban J connectivity index is 1.88. The fraction of sp³-hybridized carbons (Fsp3) is 0.273. The maximum absolute atomic E-state index is 13.2. The molecule has 1 fully saturated rings. The average Bonchev–Trinajstić information content (AvgIpc) is 3.05. The first-order chi connectivity index (χ1) is 14.0. The molecule has 2 aromatic carbocycles. The Morgan fingerprint density at radius 2 is 1.72 bits per heavy atom. The lowest BCUT2D eigenvalue weighted by Crippen LogP contribution is -2.36. The lowest BCUT2D eigenvalue weighted by molar-refractivity contribution is 0.0718. The highest BCUT2D eigenvalue weighted by Gasteiger charge is 2.27. The summed E-state index contributed by atoms with van der Waals surface area (Å²) in [5, 5.41) is 1.06. The summed E-state index contributed by atoms with van der Waals surface area (Å²) in [6.45, 7) is 3.49. The minimum absolute atomic E-state index is 0.0237.